The standard InChI is InChI=1S/C8H12N2.2C2H2O4/c1-9-7-3-5-8(10-2)6-4-7;2*3-1(4)2(5)6/h3-6,9-10H,1-2H3;2*(H,3,4)(H,5,6). The van der Waals surface area contributed by atoms with E-state index >= 15 is 0 Å². The van der Waals surface area contributed by atoms with Crippen molar-refractivity contribution >= 4 is 35.3 Å². The molecule has 0 spiro atoms. The van der Waals surface area contributed by atoms with Gasteiger partial charge in [0, 0.05) is 25.5 Å². The van der Waals surface area contributed by atoms with E-state index in [9.17, 15) is 0 Å². The lowest BCUT2D eigenvalue weighted by Crippen LogP contribution is -2.09. The van der Waals surface area contributed by atoms with Crippen LogP contribution in [0, 0.1) is 0 Å². The Labute approximate surface area is 125 Å². The van der Waals surface area contributed by atoms with Crippen molar-refractivity contribution in [3.05, 3.63) is 24.3 Å². The highest BCUT2D eigenvalue weighted by Gasteiger charge is 2.04. The Morgan fingerprint density at radius 3 is 0.909 bits per heavy atom. The van der Waals surface area contributed by atoms with Crippen LogP contribution in [0.3, 0.4) is 0 Å². The minimum absolute atomic E-state index is 1.14. The average Bonchev–Trinajstić information content (AvgIpc) is 2.48. The van der Waals surface area contributed by atoms with Crippen LogP contribution in [0.1, 0.15) is 0 Å². The molecule has 22 heavy (non-hydrogen) atoms. The Kier molecular flexibility index (Phi) is 11.0. The smallest absolute Gasteiger partial charge is 0.414 e. The summed E-state index contributed by atoms with van der Waals surface area (Å²) in [5.41, 5.74) is 2.28. The summed E-state index contributed by atoms with van der Waals surface area (Å²) < 4.78 is 0. The van der Waals surface area contributed by atoms with Gasteiger partial charge in [0.05, 0.1) is 0 Å². The van der Waals surface area contributed by atoms with Crippen molar-refractivity contribution in [2.75, 3.05) is 24.7 Å². The predicted molar refractivity (Wildman–Crippen MR) is 76.1 cm³/mol. The number of anilines is 2. The minimum atomic E-state index is -1.82. The van der Waals surface area contributed by atoms with Gasteiger partial charge in [0.25, 0.3) is 0 Å². The summed E-state index contributed by atoms with van der Waals surface area (Å²) in [6.07, 6.45) is 0. The molecule has 122 valence electrons. The first-order valence-electron chi connectivity index (χ1n) is 5.53. The van der Waals surface area contributed by atoms with Crippen molar-refractivity contribution in [3.63, 3.8) is 0 Å². The summed E-state index contributed by atoms with van der Waals surface area (Å²) >= 11 is 0. The lowest BCUT2D eigenvalue weighted by molar-refractivity contribution is -0.159. The van der Waals surface area contributed by atoms with Crippen LogP contribution in [0.25, 0.3) is 0 Å². The predicted octanol–water partition coefficient (Wildman–Crippen LogP) is 0.0812. The molecular formula is C12H16N2O8. The molecule has 0 bridgehead atoms. The molecule has 0 aliphatic heterocycles. The third-order valence-electron chi connectivity index (χ3n) is 1.83. The maximum absolute atomic E-state index is 9.10. The molecule has 0 fully saturated rings. The van der Waals surface area contributed by atoms with Gasteiger partial charge in [-0.25, -0.2) is 19.2 Å². The monoisotopic (exact) mass is 316 g/mol. The summed E-state index contributed by atoms with van der Waals surface area (Å²) in [7, 11) is 3.82. The van der Waals surface area contributed by atoms with Gasteiger partial charge in [-0.1, -0.05) is 0 Å². The Morgan fingerprint density at radius 2 is 0.818 bits per heavy atom. The lowest BCUT2D eigenvalue weighted by atomic mass is 10.3. The molecule has 10 heteroatoms. The molecule has 0 aliphatic rings. The van der Waals surface area contributed by atoms with Crippen LogP contribution in [0.2, 0.25) is 0 Å². The van der Waals surface area contributed by atoms with E-state index < -0.39 is 23.9 Å². The second kappa shape index (κ2) is 11.5. The van der Waals surface area contributed by atoms with Crippen molar-refractivity contribution in [1.29, 1.82) is 0 Å². The van der Waals surface area contributed by atoms with Gasteiger partial charge >= 0.3 is 23.9 Å². The molecular weight excluding hydrogens is 300 g/mol. The number of hydrogen-bond donors (Lipinski definition) is 6. The topological polar surface area (TPSA) is 173 Å². The van der Waals surface area contributed by atoms with Crippen molar-refractivity contribution in [1.82, 2.24) is 0 Å². The van der Waals surface area contributed by atoms with Crippen LogP contribution in [-0.2, 0) is 19.2 Å². The summed E-state index contributed by atoms with van der Waals surface area (Å²) in [6.45, 7) is 0. The molecule has 0 aliphatic carbocycles. The van der Waals surface area contributed by atoms with E-state index in [1.165, 1.54) is 0 Å². The second-order valence-corrected chi connectivity index (χ2v) is 3.30. The molecule has 0 saturated carbocycles. The SMILES string of the molecule is CNc1ccc(NC)cc1.O=C(O)C(=O)O.O=C(O)C(=O)O. The molecule has 0 unspecified atom stereocenters. The zero-order valence-electron chi connectivity index (χ0n) is 11.7. The molecule has 0 saturated heterocycles. The average molecular weight is 316 g/mol. The van der Waals surface area contributed by atoms with E-state index in [1.54, 1.807) is 0 Å². The number of carboxylic acids is 4. The van der Waals surface area contributed by atoms with Crippen LogP contribution < -0.4 is 10.6 Å². The van der Waals surface area contributed by atoms with Gasteiger partial charge in [-0.3, -0.25) is 0 Å². The number of hydrogen-bond acceptors (Lipinski definition) is 6. The third kappa shape index (κ3) is 11.8. The highest BCUT2D eigenvalue weighted by atomic mass is 16.4. The van der Waals surface area contributed by atoms with Crippen LogP contribution in [0.15, 0.2) is 24.3 Å². The molecule has 6 N–H and O–H groups in total. The Balaban J connectivity index is 0. The Hall–Kier alpha value is -3.30. The van der Waals surface area contributed by atoms with E-state index in [2.05, 4.69) is 10.6 Å². The second-order valence-electron chi connectivity index (χ2n) is 3.30. The quantitative estimate of drug-likeness (QED) is 0.410. The molecule has 0 radical (unpaired) electrons. The molecule has 1 aromatic rings. The van der Waals surface area contributed by atoms with E-state index in [-0.39, 0.29) is 0 Å². The van der Waals surface area contributed by atoms with Gasteiger partial charge in [-0.2, -0.15) is 0 Å². The zero-order chi connectivity index (χ0) is 17.7. The number of nitrogens with one attached hydrogen (secondary N) is 2. The molecule has 0 heterocycles. The Morgan fingerprint density at radius 1 is 0.636 bits per heavy atom. The summed E-state index contributed by atoms with van der Waals surface area (Å²) in [6, 6.07) is 8.13. The maximum atomic E-state index is 9.10. The molecule has 0 aromatic heterocycles. The van der Waals surface area contributed by atoms with Gasteiger partial charge in [-0.15, -0.1) is 0 Å². The van der Waals surface area contributed by atoms with Gasteiger partial charge < -0.3 is 31.1 Å². The van der Waals surface area contributed by atoms with Crippen molar-refractivity contribution in [2.24, 2.45) is 0 Å². The first kappa shape index (κ1) is 21.0. The number of carbonyl (C=O) groups is 4. The third-order valence-corrected chi connectivity index (χ3v) is 1.83. The number of benzene rings is 1. The van der Waals surface area contributed by atoms with E-state index in [1.807, 2.05) is 38.4 Å². The van der Waals surface area contributed by atoms with Gasteiger partial charge in [0.2, 0.25) is 0 Å². The maximum Gasteiger partial charge on any atom is 0.414 e. The van der Waals surface area contributed by atoms with Crippen LogP contribution in [-0.4, -0.2) is 58.4 Å². The first-order valence-corrected chi connectivity index (χ1v) is 5.53. The van der Waals surface area contributed by atoms with Crippen LogP contribution >= 0.6 is 0 Å². The number of carboxylic acid groups (broad SMARTS) is 4. The molecule has 1 aromatic carbocycles. The fourth-order valence-corrected chi connectivity index (χ4v) is 0.804. The van der Waals surface area contributed by atoms with Crippen molar-refractivity contribution < 1.29 is 39.6 Å². The molecule has 0 amide bonds. The molecule has 0 atom stereocenters. The molecule has 10 nitrogen and oxygen atoms in total. The largest absolute Gasteiger partial charge is 0.473 e. The van der Waals surface area contributed by atoms with Crippen LogP contribution in [0.4, 0.5) is 11.4 Å². The summed E-state index contributed by atoms with van der Waals surface area (Å²) in [4.78, 5) is 36.4. The van der Waals surface area contributed by atoms with Crippen molar-refractivity contribution in [3.8, 4) is 0 Å². The highest BCUT2D eigenvalue weighted by molar-refractivity contribution is 6.27. The fraction of sp³-hybridized carbons (Fsp3) is 0.167. The first-order chi connectivity index (χ1) is 10.1. The summed E-state index contributed by atoms with van der Waals surface area (Å²) in [5.74, 6) is -7.30. The molecule has 1 rings (SSSR count). The van der Waals surface area contributed by atoms with E-state index in [0.29, 0.717) is 0 Å². The zero-order valence-corrected chi connectivity index (χ0v) is 11.7. The fourth-order valence-electron chi connectivity index (χ4n) is 0.804. The minimum Gasteiger partial charge on any atom is -0.473 e. The lowest BCUT2D eigenvalue weighted by Gasteiger charge is -2.01. The van der Waals surface area contributed by atoms with Gasteiger partial charge in [-0.05, 0) is 24.3 Å². The highest BCUT2D eigenvalue weighted by Crippen LogP contribution is 2.11. The van der Waals surface area contributed by atoms with E-state index in [4.69, 9.17) is 39.6 Å². The van der Waals surface area contributed by atoms with E-state index in [0.717, 1.165) is 11.4 Å². The van der Waals surface area contributed by atoms with Crippen LogP contribution in [0.5, 0.6) is 0 Å². The normalized spacial score (nSPS) is 8.09. The number of rotatable bonds is 2. The van der Waals surface area contributed by atoms with Gasteiger partial charge in [0.1, 0.15) is 0 Å². The Bertz CT molecular complexity index is 441. The number of aliphatic carboxylic acids is 4. The van der Waals surface area contributed by atoms with Crippen molar-refractivity contribution in [2.45, 2.75) is 0 Å². The summed E-state index contributed by atoms with van der Waals surface area (Å²) in [5, 5.41) is 35.7. The van der Waals surface area contributed by atoms with Gasteiger partial charge in [0.15, 0.2) is 0 Å².